The minimum absolute atomic E-state index is 0.255. The van der Waals surface area contributed by atoms with Gasteiger partial charge in [-0.15, -0.1) is 0 Å². The minimum atomic E-state index is -0.413. The zero-order valence-electron chi connectivity index (χ0n) is 17.7. The molecule has 2 rings (SSSR count). The highest BCUT2D eigenvalue weighted by Crippen LogP contribution is 2.31. The van der Waals surface area contributed by atoms with Crippen molar-refractivity contribution < 1.29 is 13.9 Å². The average molecular weight is 366 g/mol. The number of carbonyl (C=O) groups excluding carboxylic acids is 1. The first-order valence-electron chi connectivity index (χ1n) is 10.2. The Labute approximate surface area is 160 Å². The van der Waals surface area contributed by atoms with Gasteiger partial charge < -0.3 is 14.5 Å². The number of hydrogen-bond donors (Lipinski definition) is 1. The second-order valence-corrected chi connectivity index (χ2v) is 6.54. The summed E-state index contributed by atoms with van der Waals surface area (Å²) in [6.07, 6.45) is 6.27. The summed E-state index contributed by atoms with van der Waals surface area (Å²) in [7, 11) is 0. The first kappa shape index (κ1) is 24.3. The van der Waals surface area contributed by atoms with E-state index in [2.05, 4.69) is 32.7 Å². The molecule has 1 aromatic rings. The van der Waals surface area contributed by atoms with E-state index < -0.39 is 5.97 Å². The predicted molar refractivity (Wildman–Crippen MR) is 109 cm³/mol. The van der Waals surface area contributed by atoms with Crippen molar-refractivity contribution in [1.82, 2.24) is 5.32 Å². The lowest BCUT2D eigenvalue weighted by Gasteiger charge is -2.28. The van der Waals surface area contributed by atoms with E-state index in [-0.39, 0.29) is 5.76 Å². The molecular formula is C22H39NO3. The quantitative estimate of drug-likeness (QED) is 0.599. The maximum Gasteiger partial charge on any atom is 0.374 e. The van der Waals surface area contributed by atoms with E-state index in [0.717, 1.165) is 17.4 Å². The standard InChI is InChI=1S/C17H25NO3.C3H8.C2H6/c1-4-20-17(19)16-9-8-15(21-16)11-18-13(3)14-7-5-6-12(2)10-14;1-3-2;1-2/h8-9,12,14,18H,3-7,10-11H2,1-2H3;3H2,1-2H3;1-2H3/t12-,14+;;/m1../s1. The average Bonchev–Trinajstić information content (AvgIpc) is 3.11. The van der Waals surface area contributed by atoms with Crippen LogP contribution in [0.1, 0.15) is 90.0 Å². The topological polar surface area (TPSA) is 51.5 Å². The molecule has 1 heterocycles. The number of furan rings is 1. The second-order valence-electron chi connectivity index (χ2n) is 6.54. The second kappa shape index (κ2) is 14.5. The summed E-state index contributed by atoms with van der Waals surface area (Å²) in [5.41, 5.74) is 1.08. The molecule has 0 aromatic carbocycles. The van der Waals surface area contributed by atoms with Gasteiger partial charge in [0.1, 0.15) is 5.76 Å². The molecule has 0 amide bonds. The van der Waals surface area contributed by atoms with Gasteiger partial charge in [0.15, 0.2) is 0 Å². The lowest BCUT2D eigenvalue weighted by molar-refractivity contribution is 0.0488. The van der Waals surface area contributed by atoms with Gasteiger partial charge in [-0.1, -0.05) is 60.5 Å². The van der Waals surface area contributed by atoms with Gasteiger partial charge >= 0.3 is 5.97 Å². The lowest BCUT2D eigenvalue weighted by atomic mass is 9.81. The lowest BCUT2D eigenvalue weighted by Crippen LogP contribution is -2.23. The number of allylic oxidation sites excluding steroid dienone is 1. The Kier molecular flexibility index (Phi) is 13.5. The van der Waals surface area contributed by atoms with Crippen LogP contribution in [-0.2, 0) is 11.3 Å². The zero-order valence-corrected chi connectivity index (χ0v) is 17.7. The van der Waals surface area contributed by atoms with Crippen molar-refractivity contribution in [1.29, 1.82) is 0 Å². The Morgan fingerprint density at radius 3 is 2.50 bits per heavy atom. The maximum atomic E-state index is 11.5. The van der Waals surface area contributed by atoms with Gasteiger partial charge in [-0.25, -0.2) is 4.79 Å². The third kappa shape index (κ3) is 9.12. The van der Waals surface area contributed by atoms with E-state index in [9.17, 15) is 4.79 Å². The normalized spacial score (nSPS) is 18.5. The van der Waals surface area contributed by atoms with E-state index in [4.69, 9.17) is 9.15 Å². The van der Waals surface area contributed by atoms with Crippen LogP contribution in [0, 0.1) is 11.8 Å². The van der Waals surface area contributed by atoms with Crippen molar-refractivity contribution in [3.05, 3.63) is 35.9 Å². The molecule has 0 unspecified atom stereocenters. The van der Waals surface area contributed by atoms with Crippen LogP contribution in [0.4, 0.5) is 0 Å². The molecule has 26 heavy (non-hydrogen) atoms. The Bertz CT molecular complexity index is 507. The molecule has 0 radical (unpaired) electrons. The Hall–Kier alpha value is -1.71. The van der Waals surface area contributed by atoms with Crippen molar-refractivity contribution in [3.63, 3.8) is 0 Å². The van der Waals surface area contributed by atoms with Crippen LogP contribution >= 0.6 is 0 Å². The Morgan fingerprint density at radius 1 is 1.27 bits per heavy atom. The third-order valence-corrected chi connectivity index (χ3v) is 4.06. The van der Waals surface area contributed by atoms with E-state index in [1.165, 1.54) is 32.1 Å². The fourth-order valence-corrected chi connectivity index (χ4v) is 2.88. The summed E-state index contributed by atoms with van der Waals surface area (Å²) >= 11 is 0. The van der Waals surface area contributed by atoms with Crippen molar-refractivity contribution in [3.8, 4) is 0 Å². The molecule has 0 bridgehead atoms. The smallest absolute Gasteiger partial charge is 0.374 e. The predicted octanol–water partition coefficient (Wildman–Crippen LogP) is 6.33. The highest BCUT2D eigenvalue weighted by atomic mass is 16.5. The fraction of sp³-hybridized carbons (Fsp3) is 0.682. The van der Waals surface area contributed by atoms with Crippen molar-refractivity contribution in [2.24, 2.45) is 11.8 Å². The van der Waals surface area contributed by atoms with E-state index in [1.807, 2.05) is 13.8 Å². The zero-order chi connectivity index (χ0) is 19.9. The highest BCUT2D eigenvalue weighted by Gasteiger charge is 2.21. The first-order valence-corrected chi connectivity index (χ1v) is 10.2. The van der Waals surface area contributed by atoms with Crippen LogP contribution in [0.15, 0.2) is 28.8 Å². The Balaban J connectivity index is 0.00000113. The van der Waals surface area contributed by atoms with Gasteiger partial charge in [0.25, 0.3) is 0 Å². The molecule has 1 aromatic heterocycles. The number of esters is 1. The molecule has 4 heteroatoms. The fourth-order valence-electron chi connectivity index (χ4n) is 2.88. The highest BCUT2D eigenvalue weighted by molar-refractivity contribution is 5.86. The van der Waals surface area contributed by atoms with E-state index >= 15 is 0 Å². The van der Waals surface area contributed by atoms with Gasteiger partial charge in [0.2, 0.25) is 5.76 Å². The summed E-state index contributed by atoms with van der Waals surface area (Å²) in [6.45, 7) is 17.4. The van der Waals surface area contributed by atoms with Crippen LogP contribution in [0.25, 0.3) is 0 Å². The van der Waals surface area contributed by atoms with Crippen LogP contribution in [0.3, 0.4) is 0 Å². The van der Waals surface area contributed by atoms with Gasteiger partial charge in [0, 0.05) is 5.70 Å². The van der Waals surface area contributed by atoms with Gasteiger partial charge in [-0.2, -0.15) is 0 Å². The molecule has 1 saturated carbocycles. The van der Waals surface area contributed by atoms with E-state index in [1.54, 1.807) is 19.1 Å². The summed E-state index contributed by atoms with van der Waals surface area (Å²) < 4.78 is 10.4. The molecular weight excluding hydrogens is 326 g/mol. The molecule has 2 atom stereocenters. The number of carbonyl (C=O) groups is 1. The SMILES string of the molecule is C=C(NCc1ccc(C(=O)OCC)o1)[C@H]1CCC[C@@H](C)C1.CC.CCC. The van der Waals surface area contributed by atoms with Crippen LogP contribution in [-0.4, -0.2) is 12.6 Å². The number of ether oxygens (including phenoxy) is 1. The summed E-state index contributed by atoms with van der Waals surface area (Å²) in [6, 6.07) is 3.45. The monoisotopic (exact) mass is 365 g/mol. The summed E-state index contributed by atoms with van der Waals surface area (Å²) in [4.78, 5) is 11.5. The molecule has 4 nitrogen and oxygen atoms in total. The summed E-state index contributed by atoms with van der Waals surface area (Å²) in [5, 5.41) is 3.33. The molecule has 1 aliphatic carbocycles. The van der Waals surface area contributed by atoms with Gasteiger partial charge in [-0.3, -0.25) is 0 Å². The molecule has 1 fully saturated rings. The largest absolute Gasteiger partial charge is 0.460 e. The summed E-state index contributed by atoms with van der Waals surface area (Å²) in [5.74, 6) is 1.90. The maximum absolute atomic E-state index is 11.5. The van der Waals surface area contributed by atoms with Crippen LogP contribution in [0.5, 0.6) is 0 Å². The van der Waals surface area contributed by atoms with Gasteiger partial charge in [0.05, 0.1) is 13.2 Å². The van der Waals surface area contributed by atoms with E-state index in [0.29, 0.717) is 19.1 Å². The minimum Gasteiger partial charge on any atom is -0.460 e. The Morgan fingerprint density at radius 2 is 1.92 bits per heavy atom. The molecule has 0 aliphatic heterocycles. The number of rotatable bonds is 6. The van der Waals surface area contributed by atoms with Crippen molar-refractivity contribution >= 4 is 5.97 Å². The number of hydrogen-bond acceptors (Lipinski definition) is 4. The molecule has 0 saturated heterocycles. The number of nitrogens with one attached hydrogen (secondary N) is 1. The van der Waals surface area contributed by atoms with Crippen molar-refractivity contribution in [2.75, 3.05) is 6.61 Å². The molecule has 1 N–H and O–H groups in total. The van der Waals surface area contributed by atoms with Gasteiger partial charge in [-0.05, 0) is 43.7 Å². The first-order chi connectivity index (χ1) is 12.5. The van der Waals surface area contributed by atoms with Crippen LogP contribution in [0.2, 0.25) is 0 Å². The molecule has 1 aliphatic rings. The third-order valence-electron chi connectivity index (χ3n) is 4.06. The van der Waals surface area contributed by atoms with Crippen LogP contribution < -0.4 is 5.32 Å². The molecule has 150 valence electrons. The van der Waals surface area contributed by atoms with Crippen molar-refractivity contribution in [2.45, 2.75) is 80.2 Å². The molecule has 0 spiro atoms.